The normalized spacial score (nSPS) is 12.3. The van der Waals surface area contributed by atoms with E-state index < -0.39 is 5.97 Å². The van der Waals surface area contributed by atoms with Gasteiger partial charge in [-0.2, -0.15) is 0 Å². The molecule has 12 heavy (non-hydrogen) atoms. The molecule has 0 heterocycles. The van der Waals surface area contributed by atoms with Gasteiger partial charge in [-0.3, -0.25) is 0 Å². The highest BCUT2D eigenvalue weighted by molar-refractivity contribution is 5.86. The minimum atomic E-state index is -0.852. The van der Waals surface area contributed by atoms with Crippen molar-refractivity contribution in [1.29, 1.82) is 0 Å². The van der Waals surface area contributed by atoms with E-state index in [0.29, 0.717) is 5.57 Å². The van der Waals surface area contributed by atoms with E-state index in [1.807, 2.05) is 6.08 Å². The van der Waals surface area contributed by atoms with Gasteiger partial charge in [-0.1, -0.05) is 38.0 Å². The third-order valence-electron chi connectivity index (χ3n) is 1.54. The van der Waals surface area contributed by atoms with E-state index in [4.69, 9.17) is 5.11 Å². The first-order chi connectivity index (χ1) is 5.68. The summed E-state index contributed by atoms with van der Waals surface area (Å²) < 4.78 is 0. The number of hydrogen-bond acceptors (Lipinski definition) is 1. The van der Waals surface area contributed by atoms with Crippen molar-refractivity contribution in [3.8, 4) is 0 Å². The third-order valence-corrected chi connectivity index (χ3v) is 1.54. The number of allylic oxidation sites excluding steroid dienone is 3. The summed E-state index contributed by atoms with van der Waals surface area (Å²) in [5, 5.41) is 8.48. The fraction of sp³-hybridized carbons (Fsp3) is 0.500. The van der Waals surface area contributed by atoms with Crippen LogP contribution in [-0.2, 0) is 4.79 Å². The number of aliphatic carboxylic acids is 1. The average Bonchev–Trinajstić information content (AvgIpc) is 2.03. The second-order valence-electron chi connectivity index (χ2n) is 2.73. The van der Waals surface area contributed by atoms with Crippen molar-refractivity contribution >= 4 is 5.97 Å². The molecular weight excluding hydrogens is 152 g/mol. The van der Waals surface area contributed by atoms with Crippen molar-refractivity contribution in [2.45, 2.75) is 33.1 Å². The lowest BCUT2D eigenvalue weighted by Gasteiger charge is -1.88. The van der Waals surface area contributed by atoms with Gasteiger partial charge in [0.2, 0.25) is 0 Å². The molecule has 2 nitrogen and oxygen atoms in total. The average molecular weight is 168 g/mol. The second-order valence-corrected chi connectivity index (χ2v) is 2.73. The molecular formula is C10H16O2. The van der Waals surface area contributed by atoms with Crippen LogP contribution in [0, 0.1) is 0 Å². The van der Waals surface area contributed by atoms with E-state index in [0.717, 1.165) is 12.8 Å². The second kappa shape index (κ2) is 6.65. The highest BCUT2D eigenvalue weighted by Gasteiger charge is 1.94. The van der Waals surface area contributed by atoms with Gasteiger partial charge in [0.1, 0.15) is 0 Å². The lowest BCUT2D eigenvalue weighted by molar-refractivity contribution is -0.132. The number of carbonyl (C=O) groups is 1. The highest BCUT2D eigenvalue weighted by Crippen LogP contribution is 1.97. The fourth-order valence-electron chi connectivity index (χ4n) is 0.702. The van der Waals surface area contributed by atoms with Crippen molar-refractivity contribution < 1.29 is 9.90 Å². The number of rotatable bonds is 5. The van der Waals surface area contributed by atoms with Gasteiger partial charge in [0.05, 0.1) is 0 Å². The zero-order valence-corrected chi connectivity index (χ0v) is 7.71. The number of carboxylic acids is 1. The molecule has 0 atom stereocenters. The van der Waals surface area contributed by atoms with Crippen LogP contribution in [-0.4, -0.2) is 11.1 Å². The molecule has 0 amide bonds. The molecule has 0 saturated heterocycles. The molecule has 0 fully saturated rings. The lowest BCUT2D eigenvalue weighted by Crippen LogP contribution is -1.94. The quantitative estimate of drug-likeness (QED) is 0.389. The third kappa shape index (κ3) is 5.71. The Morgan fingerprint density at radius 2 is 2.17 bits per heavy atom. The van der Waals surface area contributed by atoms with Gasteiger partial charge in [-0.15, -0.1) is 0 Å². The summed E-state index contributed by atoms with van der Waals surface area (Å²) in [5.74, 6) is -0.852. The zero-order valence-electron chi connectivity index (χ0n) is 7.71. The van der Waals surface area contributed by atoms with E-state index in [1.54, 1.807) is 19.1 Å². The molecule has 0 aromatic rings. The maximum absolute atomic E-state index is 10.3. The molecule has 0 aromatic carbocycles. The standard InChI is InChI=1S/C10H16O2/c1-3-4-5-6-7-8-9(2)10(11)12/h6-8H,3-5H2,1-2H3,(H,11,12)/b7-6+,9-8-. The number of carboxylic acid groups (broad SMARTS) is 1. The Bertz CT molecular complexity index is 190. The van der Waals surface area contributed by atoms with Crippen molar-refractivity contribution in [3.05, 3.63) is 23.8 Å². The Morgan fingerprint density at radius 1 is 1.50 bits per heavy atom. The molecule has 0 aliphatic rings. The van der Waals surface area contributed by atoms with E-state index in [2.05, 4.69) is 6.92 Å². The molecule has 0 spiro atoms. The molecule has 0 aromatic heterocycles. The molecule has 0 unspecified atom stereocenters. The van der Waals surface area contributed by atoms with Gasteiger partial charge in [-0.25, -0.2) is 4.79 Å². The van der Waals surface area contributed by atoms with Crippen LogP contribution in [0.25, 0.3) is 0 Å². The van der Waals surface area contributed by atoms with Gasteiger partial charge in [-0.05, 0) is 13.3 Å². The molecule has 2 heteroatoms. The SMILES string of the molecule is CCCC/C=C/C=C(/C)C(=O)O. The predicted octanol–water partition coefficient (Wildman–Crippen LogP) is 2.76. The van der Waals surface area contributed by atoms with Crippen LogP contribution in [0.1, 0.15) is 33.1 Å². The molecule has 0 bridgehead atoms. The van der Waals surface area contributed by atoms with Gasteiger partial charge in [0.15, 0.2) is 0 Å². The monoisotopic (exact) mass is 168 g/mol. The van der Waals surface area contributed by atoms with Crippen molar-refractivity contribution in [1.82, 2.24) is 0 Å². The minimum absolute atomic E-state index is 0.378. The molecule has 0 saturated carbocycles. The summed E-state index contributed by atoms with van der Waals surface area (Å²) in [4.78, 5) is 10.3. The van der Waals surface area contributed by atoms with Crippen LogP contribution >= 0.6 is 0 Å². The molecule has 1 N–H and O–H groups in total. The van der Waals surface area contributed by atoms with Gasteiger partial charge < -0.3 is 5.11 Å². The Hall–Kier alpha value is -1.05. The molecule has 0 rings (SSSR count). The number of unbranched alkanes of at least 4 members (excludes halogenated alkanes) is 2. The number of hydrogen-bond donors (Lipinski definition) is 1. The van der Waals surface area contributed by atoms with E-state index in [-0.39, 0.29) is 0 Å². The summed E-state index contributed by atoms with van der Waals surface area (Å²) in [7, 11) is 0. The van der Waals surface area contributed by atoms with E-state index in [1.165, 1.54) is 6.42 Å². The Morgan fingerprint density at radius 3 is 2.67 bits per heavy atom. The maximum Gasteiger partial charge on any atom is 0.331 e. The predicted molar refractivity (Wildman–Crippen MR) is 50.1 cm³/mol. The summed E-state index contributed by atoms with van der Waals surface area (Å²) in [6.45, 7) is 3.72. The van der Waals surface area contributed by atoms with Crippen molar-refractivity contribution in [3.63, 3.8) is 0 Å². The van der Waals surface area contributed by atoms with Crippen LogP contribution in [0.5, 0.6) is 0 Å². The van der Waals surface area contributed by atoms with Gasteiger partial charge in [0, 0.05) is 5.57 Å². The molecule has 0 radical (unpaired) electrons. The summed E-state index contributed by atoms with van der Waals surface area (Å²) in [6, 6.07) is 0. The summed E-state index contributed by atoms with van der Waals surface area (Å²) in [5.41, 5.74) is 0.378. The Balaban J connectivity index is 3.71. The van der Waals surface area contributed by atoms with Crippen LogP contribution < -0.4 is 0 Å². The largest absolute Gasteiger partial charge is 0.478 e. The van der Waals surface area contributed by atoms with Gasteiger partial charge >= 0.3 is 5.97 Å². The lowest BCUT2D eigenvalue weighted by atomic mass is 10.2. The molecule has 0 aliphatic carbocycles. The van der Waals surface area contributed by atoms with Crippen molar-refractivity contribution in [2.24, 2.45) is 0 Å². The topological polar surface area (TPSA) is 37.3 Å². The zero-order chi connectivity index (χ0) is 9.40. The molecule has 0 aliphatic heterocycles. The Labute approximate surface area is 73.6 Å². The van der Waals surface area contributed by atoms with Gasteiger partial charge in [0.25, 0.3) is 0 Å². The minimum Gasteiger partial charge on any atom is -0.478 e. The molecule has 68 valence electrons. The van der Waals surface area contributed by atoms with Crippen LogP contribution in [0.15, 0.2) is 23.8 Å². The first-order valence-electron chi connectivity index (χ1n) is 4.25. The highest BCUT2D eigenvalue weighted by atomic mass is 16.4. The smallest absolute Gasteiger partial charge is 0.331 e. The van der Waals surface area contributed by atoms with E-state index in [9.17, 15) is 4.79 Å². The summed E-state index contributed by atoms with van der Waals surface area (Å²) in [6.07, 6.45) is 8.79. The fourth-order valence-corrected chi connectivity index (χ4v) is 0.702. The maximum atomic E-state index is 10.3. The van der Waals surface area contributed by atoms with Crippen LogP contribution in [0.3, 0.4) is 0 Å². The van der Waals surface area contributed by atoms with Crippen LogP contribution in [0.2, 0.25) is 0 Å². The first-order valence-corrected chi connectivity index (χ1v) is 4.25. The Kier molecular flexibility index (Phi) is 6.07. The first kappa shape index (κ1) is 11.0. The van der Waals surface area contributed by atoms with E-state index >= 15 is 0 Å². The summed E-state index contributed by atoms with van der Waals surface area (Å²) >= 11 is 0. The van der Waals surface area contributed by atoms with Crippen LogP contribution in [0.4, 0.5) is 0 Å². The van der Waals surface area contributed by atoms with Crippen molar-refractivity contribution in [2.75, 3.05) is 0 Å².